The molecule has 1 aromatic carbocycles. The molecule has 0 saturated heterocycles. The molecule has 0 radical (unpaired) electrons. The van der Waals surface area contributed by atoms with Gasteiger partial charge in [0.1, 0.15) is 0 Å². The number of aromatic amines is 1. The summed E-state index contributed by atoms with van der Waals surface area (Å²) in [6, 6.07) is 7.94. The minimum Gasteiger partial charge on any atom is -1.00 e. The molecule has 0 saturated carbocycles. The number of aromatic nitrogens is 2. The van der Waals surface area contributed by atoms with Gasteiger partial charge in [0.2, 0.25) is 0 Å². The van der Waals surface area contributed by atoms with Crippen molar-refractivity contribution in [2.45, 2.75) is 0 Å². The van der Waals surface area contributed by atoms with Crippen molar-refractivity contribution in [3.63, 3.8) is 0 Å². The Morgan fingerprint density at radius 3 is 2.42 bits per heavy atom. The molecule has 0 aliphatic heterocycles. The van der Waals surface area contributed by atoms with Gasteiger partial charge in [-0.2, -0.15) is 0 Å². The molecule has 1 aromatic heterocycles. The van der Waals surface area contributed by atoms with Crippen LogP contribution >= 0.6 is 0 Å². The molecule has 2 rings (SSSR count). The van der Waals surface area contributed by atoms with Gasteiger partial charge in [0.05, 0.1) is 17.4 Å². The van der Waals surface area contributed by atoms with Gasteiger partial charge in [-0.1, -0.05) is 12.1 Å². The molecule has 1 N–H and O–H groups in total. The third-order valence-corrected chi connectivity index (χ3v) is 1.33. The number of nitrogens with one attached hydrogen (secondary N) is 1. The fourth-order valence-corrected chi connectivity index (χ4v) is 0.880. The number of halogens is 2. The van der Waals surface area contributed by atoms with Crippen LogP contribution in [0.3, 0.4) is 0 Å². The maximum Gasteiger partial charge on any atom is 2.00 e. The Labute approximate surface area is 113 Å². The number of fused-ring (bicyclic) bond motifs is 1. The maximum absolute atomic E-state index is 4.06. The summed E-state index contributed by atoms with van der Waals surface area (Å²) in [4.78, 5) is 7.07. The molecular formula is C7H6CaCl2N2. The van der Waals surface area contributed by atoms with Crippen LogP contribution in [0.2, 0.25) is 0 Å². The standard InChI is InChI=1S/C7H6N2.Ca.2ClH/c1-2-4-7-6(3-1)8-5-9-7;;;/h1-5H,(H,8,9);;2*1H/q;+2;;/p-2. The van der Waals surface area contributed by atoms with Crippen LogP contribution in [0.15, 0.2) is 30.6 Å². The summed E-state index contributed by atoms with van der Waals surface area (Å²) in [7, 11) is 0. The summed E-state index contributed by atoms with van der Waals surface area (Å²) in [5.41, 5.74) is 2.12. The van der Waals surface area contributed by atoms with Crippen molar-refractivity contribution in [3.8, 4) is 0 Å². The first-order chi connectivity index (χ1) is 4.47. The molecule has 2 aromatic rings. The van der Waals surface area contributed by atoms with Gasteiger partial charge < -0.3 is 29.8 Å². The number of benzene rings is 1. The molecule has 0 aliphatic rings. The fourth-order valence-electron chi connectivity index (χ4n) is 0.880. The van der Waals surface area contributed by atoms with Gasteiger partial charge >= 0.3 is 37.7 Å². The van der Waals surface area contributed by atoms with Crippen molar-refractivity contribution < 1.29 is 24.8 Å². The van der Waals surface area contributed by atoms with E-state index in [1.165, 1.54) is 0 Å². The molecule has 60 valence electrons. The smallest absolute Gasteiger partial charge is 1.00 e. The van der Waals surface area contributed by atoms with Crippen LogP contribution in [0.5, 0.6) is 0 Å². The van der Waals surface area contributed by atoms with Crippen molar-refractivity contribution in [1.82, 2.24) is 9.97 Å². The Kier molecular flexibility index (Phi) is 8.74. The van der Waals surface area contributed by atoms with Crippen LogP contribution in [0, 0.1) is 0 Å². The molecule has 0 amide bonds. The molecular weight excluding hydrogens is 223 g/mol. The van der Waals surface area contributed by atoms with Crippen molar-refractivity contribution >= 4 is 48.8 Å². The number of imidazole rings is 1. The normalized spacial score (nSPS) is 7.67. The summed E-state index contributed by atoms with van der Waals surface area (Å²) < 4.78 is 0. The van der Waals surface area contributed by atoms with E-state index in [2.05, 4.69) is 9.97 Å². The van der Waals surface area contributed by atoms with Crippen molar-refractivity contribution in [3.05, 3.63) is 30.6 Å². The Hall–Kier alpha value is 0.530. The van der Waals surface area contributed by atoms with E-state index in [0.29, 0.717) is 0 Å². The zero-order chi connectivity index (χ0) is 6.10. The number of H-pyrrole nitrogens is 1. The third-order valence-electron chi connectivity index (χ3n) is 1.33. The van der Waals surface area contributed by atoms with E-state index >= 15 is 0 Å². The predicted octanol–water partition coefficient (Wildman–Crippen LogP) is -4.81. The van der Waals surface area contributed by atoms with Crippen LogP contribution < -0.4 is 24.8 Å². The van der Waals surface area contributed by atoms with Gasteiger partial charge in [-0.25, -0.2) is 4.98 Å². The molecule has 1 heterocycles. The second-order valence-corrected chi connectivity index (χ2v) is 1.92. The summed E-state index contributed by atoms with van der Waals surface area (Å²) >= 11 is 0. The summed E-state index contributed by atoms with van der Waals surface area (Å²) in [5, 5.41) is 0. The Balaban J connectivity index is 0. The van der Waals surface area contributed by atoms with E-state index < -0.39 is 0 Å². The Morgan fingerprint density at radius 2 is 1.75 bits per heavy atom. The third kappa shape index (κ3) is 3.11. The van der Waals surface area contributed by atoms with Crippen LogP contribution in [0.4, 0.5) is 0 Å². The molecule has 0 spiro atoms. The van der Waals surface area contributed by atoms with Gasteiger partial charge in [-0.3, -0.25) is 0 Å². The number of nitrogens with zero attached hydrogens (tertiary/aromatic N) is 1. The summed E-state index contributed by atoms with van der Waals surface area (Å²) in [6.07, 6.45) is 1.70. The van der Waals surface area contributed by atoms with E-state index in [4.69, 9.17) is 0 Å². The molecule has 0 aliphatic carbocycles. The first kappa shape index (κ1) is 15.0. The Bertz CT molecular complexity index is 293. The van der Waals surface area contributed by atoms with Crippen LogP contribution in [0.1, 0.15) is 0 Å². The van der Waals surface area contributed by atoms with Crippen LogP contribution in [0.25, 0.3) is 11.0 Å². The zero-order valence-electron chi connectivity index (χ0n) is 6.30. The van der Waals surface area contributed by atoms with Gasteiger partial charge in [0.25, 0.3) is 0 Å². The van der Waals surface area contributed by atoms with Crippen molar-refractivity contribution in [2.24, 2.45) is 0 Å². The molecule has 0 bridgehead atoms. The summed E-state index contributed by atoms with van der Waals surface area (Å²) in [5.74, 6) is 0. The number of hydrogen-bond acceptors (Lipinski definition) is 1. The van der Waals surface area contributed by atoms with Gasteiger partial charge in [0.15, 0.2) is 0 Å². The Morgan fingerprint density at radius 1 is 1.08 bits per heavy atom. The number of para-hydroxylation sites is 2. The van der Waals surface area contributed by atoms with E-state index in [-0.39, 0.29) is 62.6 Å². The zero-order valence-corrected chi connectivity index (χ0v) is 10.0. The molecule has 0 fully saturated rings. The summed E-state index contributed by atoms with van der Waals surface area (Å²) in [6.45, 7) is 0. The molecule has 0 atom stereocenters. The topological polar surface area (TPSA) is 28.7 Å². The van der Waals surface area contributed by atoms with Crippen molar-refractivity contribution in [1.29, 1.82) is 0 Å². The van der Waals surface area contributed by atoms with Crippen molar-refractivity contribution in [2.75, 3.05) is 0 Å². The van der Waals surface area contributed by atoms with Gasteiger partial charge in [-0.05, 0) is 12.1 Å². The largest absolute Gasteiger partial charge is 2.00 e. The molecule has 5 heteroatoms. The quantitative estimate of drug-likeness (QED) is 0.451. The van der Waals surface area contributed by atoms with E-state index in [9.17, 15) is 0 Å². The van der Waals surface area contributed by atoms with Gasteiger partial charge in [-0.15, -0.1) is 0 Å². The average molecular weight is 229 g/mol. The molecule has 2 nitrogen and oxygen atoms in total. The second-order valence-electron chi connectivity index (χ2n) is 1.92. The fraction of sp³-hybridized carbons (Fsp3) is 0. The SMILES string of the molecule is [Ca+2].[Cl-].[Cl-].c1ccc2[nH]cnc2c1. The van der Waals surface area contributed by atoms with Crippen LogP contribution in [-0.2, 0) is 0 Å². The monoisotopic (exact) mass is 228 g/mol. The predicted molar refractivity (Wildman–Crippen MR) is 41.8 cm³/mol. The van der Waals surface area contributed by atoms with E-state index in [1.807, 2.05) is 24.3 Å². The van der Waals surface area contributed by atoms with Crippen LogP contribution in [-0.4, -0.2) is 47.7 Å². The van der Waals surface area contributed by atoms with E-state index in [1.54, 1.807) is 6.33 Å². The minimum atomic E-state index is 0. The average Bonchev–Trinajstić information content (AvgIpc) is 2.33. The van der Waals surface area contributed by atoms with E-state index in [0.717, 1.165) is 11.0 Å². The number of hydrogen-bond donors (Lipinski definition) is 1. The van der Waals surface area contributed by atoms with Gasteiger partial charge in [0, 0.05) is 0 Å². The molecule has 12 heavy (non-hydrogen) atoms. The first-order valence-electron chi connectivity index (χ1n) is 2.85. The maximum atomic E-state index is 4.06. The number of rotatable bonds is 0. The second kappa shape index (κ2) is 6.98. The molecule has 0 unspecified atom stereocenters. The minimum absolute atomic E-state index is 0. The first-order valence-corrected chi connectivity index (χ1v) is 2.85.